The maximum absolute atomic E-state index is 13.3. The molecular formula is C30H30N2O. The zero-order chi connectivity index (χ0) is 22.6. The summed E-state index contributed by atoms with van der Waals surface area (Å²) in [5.74, 6) is 1.49. The number of carbonyl (C=O) groups excluding carboxylic acids is 1. The molecular weight excluding hydrogens is 404 g/mol. The van der Waals surface area contributed by atoms with Gasteiger partial charge in [-0.25, -0.2) is 0 Å². The van der Waals surface area contributed by atoms with Crippen molar-refractivity contribution in [2.45, 2.75) is 38.0 Å². The first-order valence-corrected chi connectivity index (χ1v) is 12.1. The summed E-state index contributed by atoms with van der Waals surface area (Å²) < 4.78 is 0. The summed E-state index contributed by atoms with van der Waals surface area (Å²) in [6.45, 7) is 1.80. The Morgan fingerprint density at radius 2 is 1.61 bits per heavy atom. The van der Waals surface area contributed by atoms with Crippen LogP contribution in [-0.4, -0.2) is 23.9 Å². The Hall–Kier alpha value is -3.38. The lowest BCUT2D eigenvalue weighted by Gasteiger charge is -2.32. The van der Waals surface area contributed by atoms with Gasteiger partial charge in [0.15, 0.2) is 0 Å². The topological polar surface area (TPSA) is 44.1 Å². The molecule has 1 aliphatic carbocycles. The smallest absolute Gasteiger partial charge is 0.226 e. The van der Waals surface area contributed by atoms with Crippen molar-refractivity contribution < 1.29 is 4.79 Å². The summed E-state index contributed by atoms with van der Waals surface area (Å²) in [5, 5.41) is 9.08. The van der Waals surface area contributed by atoms with E-state index in [1.165, 1.54) is 23.1 Å². The van der Waals surface area contributed by atoms with Crippen LogP contribution in [0.3, 0.4) is 0 Å². The van der Waals surface area contributed by atoms with Crippen molar-refractivity contribution >= 4 is 5.91 Å². The zero-order valence-electron chi connectivity index (χ0n) is 19.0. The van der Waals surface area contributed by atoms with Crippen molar-refractivity contribution in [3.05, 3.63) is 95.6 Å². The number of aryl methyl sites for hydroxylation is 1. The summed E-state index contributed by atoms with van der Waals surface area (Å²) in [5.41, 5.74) is 5.64. The molecule has 1 saturated carbocycles. The summed E-state index contributed by atoms with van der Waals surface area (Å²) >= 11 is 0. The van der Waals surface area contributed by atoms with Crippen molar-refractivity contribution in [3.63, 3.8) is 0 Å². The number of amides is 1. The van der Waals surface area contributed by atoms with Crippen LogP contribution in [-0.2, 0) is 11.2 Å². The highest BCUT2D eigenvalue weighted by molar-refractivity contribution is 5.84. The summed E-state index contributed by atoms with van der Waals surface area (Å²) in [6.07, 6.45) is 5.54. The minimum atomic E-state index is 0.116. The van der Waals surface area contributed by atoms with Crippen molar-refractivity contribution in [2.24, 2.45) is 11.8 Å². The average Bonchev–Trinajstić information content (AvgIpc) is 3.69. The minimum absolute atomic E-state index is 0.116. The second-order valence-corrected chi connectivity index (χ2v) is 9.52. The Kier molecular flexibility index (Phi) is 6.26. The van der Waals surface area contributed by atoms with Gasteiger partial charge in [-0.1, -0.05) is 66.7 Å². The van der Waals surface area contributed by atoms with Crippen LogP contribution in [0.2, 0.25) is 0 Å². The first-order chi connectivity index (χ1) is 16.2. The maximum atomic E-state index is 13.3. The van der Waals surface area contributed by atoms with Crippen LogP contribution in [0, 0.1) is 23.2 Å². The van der Waals surface area contributed by atoms with E-state index in [-0.39, 0.29) is 5.92 Å². The predicted octanol–water partition coefficient (Wildman–Crippen LogP) is 6.20. The van der Waals surface area contributed by atoms with E-state index in [1.54, 1.807) is 0 Å². The molecule has 3 aromatic carbocycles. The molecule has 0 radical (unpaired) electrons. The van der Waals surface area contributed by atoms with Crippen molar-refractivity contribution in [1.29, 1.82) is 5.26 Å². The van der Waals surface area contributed by atoms with E-state index < -0.39 is 0 Å². The SMILES string of the molecule is N#Cc1ccc(-c2ccccc2C2CC2C(=O)N2CCC(CCc3ccccc3)CC2)cc1. The molecule has 3 aromatic rings. The molecule has 0 bridgehead atoms. The molecule has 5 rings (SSSR count). The molecule has 0 aromatic heterocycles. The predicted molar refractivity (Wildman–Crippen MR) is 132 cm³/mol. The Balaban J connectivity index is 1.18. The second kappa shape index (κ2) is 9.63. The van der Waals surface area contributed by atoms with E-state index in [4.69, 9.17) is 5.26 Å². The van der Waals surface area contributed by atoms with E-state index in [2.05, 4.69) is 65.6 Å². The molecule has 0 N–H and O–H groups in total. The molecule has 1 saturated heterocycles. The lowest BCUT2D eigenvalue weighted by Crippen LogP contribution is -2.39. The fourth-order valence-corrected chi connectivity index (χ4v) is 5.31. The molecule has 3 nitrogen and oxygen atoms in total. The van der Waals surface area contributed by atoms with Crippen molar-refractivity contribution in [2.75, 3.05) is 13.1 Å². The fourth-order valence-electron chi connectivity index (χ4n) is 5.31. The van der Waals surface area contributed by atoms with Crippen LogP contribution in [0.25, 0.3) is 11.1 Å². The number of hydrogen-bond donors (Lipinski definition) is 0. The third-order valence-corrected chi connectivity index (χ3v) is 7.40. The van der Waals surface area contributed by atoms with Gasteiger partial charge in [-0.2, -0.15) is 5.26 Å². The second-order valence-electron chi connectivity index (χ2n) is 9.52. The molecule has 33 heavy (non-hydrogen) atoms. The van der Waals surface area contributed by atoms with Gasteiger partial charge in [0.05, 0.1) is 11.6 Å². The van der Waals surface area contributed by atoms with Gasteiger partial charge in [-0.05, 0) is 78.3 Å². The molecule has 2 atom stereocenters. The molecule has 166 valence electrons. The van der Waals surface area contributed by atoms with E-state index in [0.717, 1.165) is 50.3 Å². The molecule has 2 fully saturated rings. The molecule has 3 heteroatoms. The van der Waals surface area contributed by atoms with Crippen LogP contribution in [0.1, 0.15) is 48.3 Å². The lowest BCUT2D eigenvalue weighted by molar-refractivity contribution is -0.134. The van der Waals surface area contributed by atoms with Crippen LogP contribution in [0.5, 0.6) is 0 Å². The molecule has 1 amide bonds. The molecule has 1 aliphatic heterocycles. The fraction of sp³-hybridized carbons (Fsp3) is 0.333. The maximum Gasteiger partial charge on any atom is 0.226 e. The Morgan fingerprint density at radius 3 is 2.33 bits per heavy atom. The number of benzene rings is 3. The Labute approximate surface area is 196 Å². The third kappa shape index (κ3) is 4.86. The van der Waals surface area contributed by atoms with Crippen molar-refractivity contribution in [1.82, 2.24) is 4.90 Å². The van der Waals surface area contributed by atoms with Crippen LogP contribution in [0.4, 0.5) is 0 Å². The Bertz CT molecular complexity index is 1140. The number of hydrogen-bond acceptors (Lipinski definition) is 2. The Morgan fingerprint density at radius 1 is 0.909 bits per heavy atom. The lowest BCUT2D eigenvalue weighted by atomic mass is 9.90. The number of likely N-dealkylation sites (tertiary alicyclic amines) is 1. The van der Waals surface area contributed by atoms with Gasteiger partial charge >= 0.3 is 0 Å². The van der Waals surface area contributed by atoms with Crippen molar-refractivity contribution in [3.8, 4) is 17.2 Å². The standard InChI is InChI=1S/C30H30N2O/c31-21-24-12-14-25(15-13-24)26-8-4-5-9-27(26)28-20-29(28)30(33)32-18-16-23(17-19-32)11-10-22-6-2-1-3-7-22/h1-9,12-15,23,28-29H,10-11,16-20H2. The van der Waals surface area contributed by atoms with E-state index >= 15 is 0 Å². The number of nitriles is 1. The van der Waals surface area contributed by atoms with Crippen LogP contribution < -0.4 is 0 Å². The number of carbonyl (C=O) groups is 1. The highest BCUT2D eigenvalue weighted by atomic mass is 16.2. The van der Waals surface area contributed by atoms with E-state index in [1.807, 2.05) is 24.3 Å². The van der Waals surface area contributed by atoms with Gasteiger partial charge < -0.3 is 4.90 Å². The van der Waals surface area contributed by atoms with E-state index in [0.29, 0.717) is 17.4 Å². The largest absolute Gasteiger partial charge is 0.342 e. The quantitative estimate of drug-likeness (QED) is 0.464. The van der Waals surface area contributed by atoms with Gasteiger partial charge in [0.2, 0.25) is 5.91 Å². The van der Waals surface area contributed by atoms with Gasteiger partial charge in [-0.15, -0.1) is 0 Å². The first-order valence-electron chi connectivity index (χ1n) is 12.1. The summed E-state index contributed by atoms with van der Waals surface area (Å²) in [4.78, 5) is 15.4. The van der Waals surface area contributed by atoms with Gasteiger partial charge in [0.1, 0.15) is 0 Å². The molecule has 2 aliphatic rings. The average molecular weight is 435 g/mol. The number of rotatable bonds is 6. The summed E-state index contributed by atoms with van der Waals surface area (Å²) in [6, 6.07) is 29.1. The highest BCUT2D eigenvalue weighted by Crippen LogP contribution is 2.51. The minimum Gasteiger partial charge on any atom is -0.342 e. The van der Waals surface area contributed by atoms with E-state index in [9.17, 15) is 4.79 Å². The van der Waals surface area contributed by atoms with Crippen LogP contribution >= 0.6 is 0 Å². The normalized spacial score (nSPS) is 20.3. The molecule has 2 unspecified atom stereocenters. The molecule has 0 spiro atoms. The highest BCUT2D eigenvalue weighted by Gasteiger charge is 2.46. The van der Waals surface area contributed by atoms with Gasteiger partial charge in [-0.3, -0.25) is 4.79 Å². The number of nitrogens with zero attached hydrogens (tertiary/aromatic N) is 2. The first kappa shape index (κ1) is 21.5. The van der Waals surface area contributed by atoms with Gasteiger partial charge in [0.25, 0.3) is 0 Å². The summed E-state index contributed by atoms with van der Waals surface area (Å²) in [7, 11) is 0. The van der Waals surface area contributed by atoms with Gasteiger partial charge in [0, 0.05) is 19.0 Å². The third-order valence-electron chi connectivity index (χ3n) is 7.40. The monoisotopic (exact) mass is 434 g/mol. The molecule has 1 heterocycles. The number of piperidine rings is 1. The zero-order valence-corrected chi connectivity index (χ0v) is 19.0. The van der Waals surface area contributed by atoms with Crippen LogP contribution in [0.15, 0.2) is 78.9 Å².